The van der Waals surface area contributed by atoms with Gasteiger partial charge in [-0.25, -0.2) is 0 Å². The van der Waals surface area contributed by atoms with Gasteiger partial charge in [-0.1, -0.05) is 12.1 Å². The van der Waals surface area contributed by atoms with E-state index in [1.807, 2.05) is 0 Å². The molecular formula is C20H25N3O5. The van der Waals surface area contributed by atoms with E-state index < -0.39 is 23.8 Å². The van der Waals surface area contributed by atoms with E-state index in [0.717, 1.165) is 11.2 Å². The molecular weight excluding hydrogens is 362 g/mol. The van der Waals surface area contributed by atoms with Crippen molar-refractivity contribution in [3.63, 3.8) is 0 Å². The Balaban J connectivity index is 2.18. The number of nitrogens with zero attached hydrogens (tertiary/aromatic N) is 1. The molecule has 2 rings (SSSR count). The van der Waals surface area contributed by atoms with E-state index in [4.69, 9.17) is 4.74 Å². The van der Waals surface area contributed by atoms with E-state index in [0.29, 0.717) is 44.7 Å². The van der Waals surface area contributed by atoms with E-state index >= 15 is 0 Å². The van der Waals surface area contributed by atoms with Crippen LogP contribution in [0.5, 0.6) is 0 Å². The Morgan fingerprint density at radius 3 is 2.71 bits per heavy atom. The molecule has 0 spiro atoms. The first-order valence-electron chi connectivity index (χ1n) is 9.15. The highest BCUT2D eigenvalue weighted by Gasteiger charge is 2.43. The van der Waals surface area contributed by atoms with Gasteiger partial charge in [-0.3, -0.25) is 19.3 Å². The van der Waals surface area contributed by atoms with E-state index in [2.05, 4.69) is 17.2 Å². The molecule has 8 heteroatoms. The van der Waals surface area contributed by atoms with Crippen LogP contribution >= 0.6 is 0 Å². The number of ether oxygens (including phenoxy) is 1. The van der Waals surface area contributed by atoms with Gasteiger partial charge >= 0.3 is 0 Å². The lowest BCUT2D eigenvalue weighted by atomic mass is 10.1. The molecule has 3 amide bonds. The number of rotatable bonds is 12. The molecule has 0 saturated heterocycles. The second-order valence-corrected chi connectivity index (χ2v) is 6.20. The number of allylic oxidation sites excluding steroid dienone is 1. The summed E-state index contributed by atoms with van der Waals surface area (Å²) in [4.78, 5) is 49.4. The highest BCUT2D eigenvalue weighted by Crippen LogP contribution is 2.31. The molecule has 2 N–H and O–H groups in total. The fraction of sp³-hybridized carbons (Fsp3) is 0.400. The molecule has 0 aromatic heterocycles. The van der Waals surface area contributed by atoms with Crippen molar-refractivity contribution in [3.8, 4) is 0 Å². The Morgan fingerprint density at radius 1 is 1.25 bits per heavy atom. The van der Waals surface area contributed by atoms with E-state index in [1.54, 1.807) is 24.3 Å². The summed E-state index contributed by atoms with van der Waals surface area (Å²) in [6, 6.07) is 4.07. The number of hydrogen-bond acceptors (Lipinski definition) is 6. The maximum atomic E-state index is 13.0. The zero-order valence-electron chi connectivity index (χ0n) is 15.9. The van der Waals surface area contributed by atoms with Crippen molar-refractivity contribution >= 4 is 29.7 Å². The summed E-state index contributed by atoms with van der Waals surface area (Å²) < 4.78 is 5.29. The van der Waals surface area contributed by atoms with Crippen LogP contribution in [0.3, 0.4) is 0 Å². The minimum absolute atomic E-state index is 0.257. The zero-order chi connectivity index (χ0) is 20.5. The van der Waals surface area contributed by atoms with Gasteiger partial charge in [-0.15, -0.1) is 6.58 Å². The highest BCUT2D eigenvalue weighted by atomic mass is 16.5. The van der Waals surface area contributed by atoms with Crippen LogP contribution in [0.25, 0.3) is 0 Å². The number of hydrogen-bond donors (Lipinski definition) is 2. The van der Waals surface area contributed by atoms with Gasteiger partial charge in [0.15, 0.2) is 0 Å². The minimum Gasteiger partial charge on any atom is -0.382 e. The van der Waals surface area contributed by atoms with Crippen molar-refractivity contribution in [2.45, 2.75) is 25.3 Å². The summed E-state index contributed by atoms with van der Waals surface area (Å²) in [5.74, 6) is -1.37. The van der Waals surface area contributed by atoms with Gasteiger partial charge in [-0.2, -0.15) is 0 Å². The molecule has 0 radical (unpaired) electrons. The first kappa shape index (κ1) is 21.3. The van der Waals surface area contributed by atoms with E-state index in [9.17, 15) is 19.2 Å². The SMILES string of the molecule is C=CCCC(C(=O)NC)N1C(=O)c2cccc(NCCOCCC=O)c2C1=O. The van der Waals surface area contributed by atoms with Crippen LogP contribution in [0.4, 0.5) is 5.69 Å². The average molecular weight is 387 g/mol. The third-order valence-electron chi connectivity index (χ3n) is 4.39. The zero-order valence-corrected chi connectivity index (χ0v) is 15.9. The quantitative estimate of drug-likeness (QED) is 0.243. The third-order valence-corrected chi connectivity index (χ3v) is 4.39. The maximum Gasteiger partial charge on any atom is 0.264 e. The maximum absolute atomic E-state index is 13.0. The molecule has 1 aromatic rings. The lowest BCUT2D eigenvalue weighted by molar-refractivity contribution is -0.124. The monoisotopic (exact) mass is 387 g/mol. The molecule has 1 aliphatic rings. The van der Waals surface area contributed by atoms with Crippen molar-refractivity contribution in [2.24, 2.45) is 0 Å². The van der Waals surface area contributed by atoms with Crippen molar-refractivity contribution < 1.29 is 23.9 Å². The molecule has 150 valence electrons. The molecule has 0 bridgehead atoms. The standard InChI is InChI=1S/C20H25N3O5/c1-3-4-9-16(18(25)21-2)23-19(26)14-7-5-8-15(17(14)20(23)27)22-10-13-28-12-6-11-24/h3,5,7-8,11,16,22H,1,4,6,9-10,12-13H2,2H3,(H,21,25). The molecule has 1 aromatic carbocycles. The summed E-state index contributed by atoms with van der Waals surface area (Å²) in [5.41, 5.74) is 1.04. The number of anilines is 1. The Bertz CT molecular complexity index is 762. The third kappa shape index (κ3) is 4.64. The number of imide groups is 1. The van der Waals surface area contributed by atoms with Gasteiger partial charge in [-0.05, 0) is 25.0 Å². The normalized spacial score (nSPS) is 13.8. The van der Waals surface area contributed by atoms with Gasteiger partial charge in [0.05, 0.1) is 24.3 Å². The average Bonchev–Trinajstić information content (AvgIpc) is 2.96. The lowest BCUT2D eigenvalue weighted by Crippen LogP contribution is -2.48. The summed E-state index contributed by atoms with van der Waals surface area (Å²) in [6.45, 7) is 4.73. The molecule has 1 atom stereocenters. The molecule has 8 nitrogen and oxygen atoms in total. The topological polar surface area (TPSA) is 105 Å². The molecule has 28 heavy (non-hydrogen) atoms. The van der Waals surface area contributed by atoms with Crippen LogP contribution in [-0.4, -0.2) is 61.8 Å². The number of amides is 3. The lowest BCUT2D eigenvalue weighted by Gasteiger charge is -2.24. The Kier molecular flexibility index (Phi) is 7.88. The predicted molar refractivity (Wildman–Crippen MR) is 104 cm³/mol. The summed E-state index contributed by atoms with van der Waals surface area (Å²) in [5, 5.41) is 5.60. The van der Waals surface area contributed by atoms with Crippen molar-refractivity contribution in [1.29, 1.82) is 0 Å². The van der Waals surface area contributed by atoms with Crippen molar-refractivity contribution in [3.05, 3.63) is 42.0 Å². The number of nitrogens with one attached hydrogen (secondary N) is 2. The molecule has 1 unspecified atom stereocenters. The predicted octanol–water partition coefficient (Wildman–Crippen LogP) is 1.38. The first-order valence-corrected chi connectivity index (χ1v) is 9.15. The van der Waals surface area contributed by atoms with Gasteiger partial charge in [0, 0.05) is 25.7 Å². The minimum atomic E-state index is -0.894. The van der Waals surface area contributed by atoms with Crippen molar-refractivity contribution in [1.82, 2.24) is 10.2 Å². The molecule has 1 heterocycles. The van der Waals surface area contributed by atoms with Gasteiger partial charge < -0.3 is 20.2 Å². The fourth-order valence-corrected chi connectivity index (χ4v) is 3.04. The fourth-order valence-electron chi connectivity index (χ4n) is 3.04. The van der Waals surface area contributed by atoms with Crippen LogP contribution in [-0.2, 0) is 14.3 Å². The molecule has 0 fully saturated rings. The summed E-state index contributed by atoms with van der Waals surface area (Å²) in [6.07, 6.45) is 3.56. The number of benzene rings is 1. The number of fused-ring (bicyclic) bond motifs is 1. The van der Waals surface area contributed by atoms with Crippen LogP contribution in [0.15, 0.2) is 30.9 Å². The molecule has 1 aliphatic heterocycles. The van der Waals surface area contributed by atoms with Crippen LogP contribution < -0.4 is 10.6 Å². The van der Waals surface area contributed by atoms with Crippen LogP contribution in [0.1, 0.15) is 40.0 Å². The second-order valence-electron chi connectivity index (χ2n) is 6.20. The van der Waals surface area contributed by atoms with E-state index in [-0.39, 0.29) is 11.1 Å². The smallest absolute Gasteiger partial charge is 0.264 e. The van der Waals surface area contributed by atoms with E-state index in [1.165, 1.54) is 7.05 Å². The number of carbonyl (C=O) groups is 4. The summed E-state index contributed by atoms with van der Waals surface area (Å²) >= 11 is 0. The second kappa shape index (κ2) is 10.4. The number of carbonyl (C=O) groups excluding carboxylic acids is 4. The summed E-state index contributed by atoms with van der Waals surface area (Å²) in [7, 11) is 1.47. The van der Waals surface area contributed by atoms with Gasteiger partial charge in [0.1, 0.15) is 12.3 Å². The Labute approximate surface area is 163 Å². The van der Waals surface area contributed by atoms with Gasteiger partial charge in [0.2, 0.25) is 5.91 Å². The number of aldehydes is 1. The largest absolute Gasteiger partial charge is 0.382 e. The first-order chi connectivity index (χ1) is 13.6. The van der Waals surface area contributed by atoms with Crippen molar-refractivity contribution in [2.75, 3.05) is 32.1 Å². The Hall–Kier alpha value is -3.00. The van der Waals surface area contributed by atoms with Crippen LogP contribution in [0, 0.1) is 0 Å². The molecule has 0 aliphatic carbocycles. The Morgan fingerprint density at radius 2 is 2.04 bits per heavy atom. The number of likely N-dealkylation sites (N-methyl/N-ethyl adjacent to an activating group) is 1. The highest BCUT2D eigenvalue weighted by molar-refractivity contribution is 6.25. The molecule has 0 saturated carbocycles. The van der Waals surface area contributed by atoms with Crippen LogP contribution in [0.2, 0.25) is 0 Å². The van der Waals surface area contributed by atoms with Gasteiger partial charge in [0.25, 0.3) is 11.8 Å².